The molecule has 0 radical (unpaired) electrons. The molecule has 0 saturated heterocycles. The van der Waals surface area contributed by atoms with Crippen LogP contribution in [-0.4, -0.2) is 11.9 Å². The molecule has 1 aliphatic carbocycles. The Labute approximate surface area is 226 Å². The van der Waals surface area contributed by atoms with Crippen LogP contribution < -0.4 is 9.47 Å². The Morgan fingerprint density at radius 1 is 0.641 bits per heavy atom. The van der Waals surface area contributed by atoms with E-state index in [9.17, 15) is 18.4 Å². The number of ether oxygens (including phenoxy) is 2. The molecule has 4 nitrogen and oxygen atoms in total. The van der Waals surface area contributed by atoms with Crippen LogP contribution in [0.3, 0.4) is 0 Å². The molecule has 0 aromatic heterocycles. The molecule has 39 heavy (non-hydrogen) atoms. The van der Waals surface area contributed by atoms with Gasteiger partial charge in [-0.2, -0.15) is 0 Å². The first kappa shape index (κ1) is 26.3. The summed E-state index contributed by atoms with van der Waals surface area (Å²) in [5, 5.41) is 0. The first-order valence-electron chi connectivity index (χ1n) is 12.9. The van der Waals surface area contributed by atoms with E-state index in [0.717, 1.165) is 33.4 Å². The summed E-state index contributed by atoms with van der Waals surface area (Å²) in [4.78, 5) is 25.4. The lowest BCUT2D eigenvalue weighted by molar-refractivity contribution is 0.0720. The minimum atomic E-state index is -0.767. The van der Waals surface area contributed by atoms with Gasteiger partial charge in [0.25, 0.3) is 0 Å². The summed E-state index contributed by atoms with van der Waals surface area (Å²) in [6, 6.07) is 19.6. The zero-order chi connectivity index (χ0) is 27.9. The molecule has 0 fully saturated rings. The molecular formula is C33H28F2O4. The molecule has 4 aromatic carbocycles. The van der Waals surface area contributed by atoms with E-state index in [-0.39, 0.29) is 11.1 Å². The number of carbonyl (C=O) groups is 2. The fraction of sp³-hybridized carbons (Fsp3) is 0.212. The molecule has 0 aliphatic heterocycles. The molecule has 0 heterocycles. The maximum absolute atomic E-state index is 14.4. The number of esters is 2. The van der Waals surface area contributed by atoms with Crippen LogP contribution in [0.1, 0.15) is 70.7 Å². The van der Waals surface area contributed by atoms with Gasteiger partial charge < -0.3 is 9.47 Å². The second kappa shape index (κ2) is 10.1. The molecule has 1 aliphatic rings. The predicted molar refractivity (Wildman–Crippen MR) is 145 cm³/mol. The second-order valence-corrected chi connectivity index (χ2v) is 10.2. The Hall–Kier alpha value is -4.32. The number of carbonyl (C=O) groups excluding carboxylic acids is 2. The summed E-state index contributed by atoms with van der Waals surface area (Å²) < 4.78 is 40.0. The van der Waals surface area contributed by atoms with Crippen molar-refractivity contribution < 1.29 is 27.8 Å². The Kier molecular flexibility index (Phi) is 6.81. The van der Waals surface area contributed by atoms with E-state index >= 15 is 0 Å². The molecule has 5 rings (SSSR count). The molecule has 0 amide bonds. The fourth-order valence-electron chi connectivity index (χ4n) is 5.03. The van der Waals surface area contributed by atoms with Crippen molar-refractivity contribution in [3.63, 3.8) is 0 Å². The molecule has 198 valence electrons. The van der Waals surface area contributed by atoms with Crippen LogP contribution >= 0.6 is 0 Å². The molecule has 6 heteroatoms. The number of hydrogen-bond donors (Lipinski definition) is 0. The van der Waals surface area contributed by atoms with Gasteiger partial charge in [-0.25, -0.2) is 18.4 Å². The fourth-order valence-corrected chi connectivity index (χ4v) is 5.03. The number of aryl methyl sites for hydroxylation is 2. The largest absolute Gasteiger partial charge is 0.423 e. The highest BCUT2D eigenvalue weighted by molar-refractivity contribution is 5.93. The van der Waals surface area contributed by atoms with Crippen molar-refractivity contribution in [2.75, 3.05) is 0 Å². The zero-order valence-electron chi connectivity index (χ0n) is 22.2. The van der Waals surface area contributed by atoms with Crippen molar-refractivity contribution in [2.24, 2.45) is 0 Å². The van der Waals surface area contributed by atoms with Gasteiger partial charge in [0, 0.05) is 5.41 Å². The molecule has 0 spiro atoms. The summed E-state index contributed by atoms with van der Waals surface area (Å²) >= 11 is 0. The minimum Gasteiger partial charge on any atom is -0.423 e. The van der Waals surface area contributed by atoms with Crippen LogP contribution in [0.4, 0.5) is 8.78 Å². The molecule has 0 atom stereocenters. The van der Waals surface area contributed by atoms with Gasteiger partial charge in [0.15, 0.2) is 0 Å². The van der Waals surface area contributed by atoms with Crippen molar-refractivity contribution in [3.8, 4) is 22.6 Å². The SMILES string of the molecule is CCc1ccc(C(=O)Oc2ccc3c(c2)C(C)(C)c2cc(OC(=O)c4ccc(CC)cc4F)ccc2-3)c(F)c1. The van der Waals surface area contributed by atoms with E-state index < -0.39 is 29.0 Å². The predicted octanol–water partition coefficient (Wildman–Crippen LogP) is 7.83. The average molecular weight is 527 g/mol. The Balaban J connectivity index is 1.39. The first-order chi connectivity index (χ1) is 18.6. The molecule has 0 saturated carbocycles. The van der Waals surface area contributed by atoms with E-state index in [2.05, 4.69) is 0 Å². The summed E-state index contributed by atoms with van der Waals surface area (Å²) in [5.74, 6) is -2.16. The van der Waals surface area contributed by atoms with Crippen molar-refractivity contribution in [1.29, 1.82) is 0 Å². The zero-order valence-corrected chi connectivity index (χ0v) is 22.2. The van der Waals surface area contributed by atoms with Crippen molar-refractivity contribution >= 4 is 11.9 Å². The monoisotopic (exact) mass is 526 g/mol. The van der Waals surface area contributed by atoms with Crippen LogP contribution in [-0.2, 0) is 18.3 Å². The first-order valence-corrected chi connectivity index (χ1v) is 12.9. The van der Waals surface area contributed by atoms with Gasteiger partial charge in [0.1, 0.15) is 23.1 Å². The number of rotatable bonds is 6. The number of benzene rings is 4. The number of fused-ring (bicyclic) bond motifs is 3. The van der Waals surface area contributed by atoms with Crippen LogP contribution in [0.25, 0.3) is 11.1 Å². The summed E-state index contributed by atoms with van der Waals surface area (Å²) in [6.07, 6.45) is 1.33. The lowest BCUT2D eigenvalue weighted by Crippen LogP contribution is -2.16. The molecule has 0 unspecified atom stereocenters. The topological polar surface area (TPSA) is 52.6 Å². The summed E-state index contributed by atoms with van der Waals surface area (Å²) in [5.41, 5.74) is 4.56. The summed E-state index contributed by atoms with van der Waals surface area (Å²) in [7, 11) is 0. The van der Waals surface area contributed by atoms with Gasteiger partial charge in [-0.15, -0.1) is 0 Å². The van der Waals surface area contributed by atoms with E-state index in [0.29, 0.717) is 24.3 Å². The van der Waals surface area contributed by atoms with Gasteiger partial charge in [-0.05, 0) is 94.8 Å². The minimum absolute atomic E-state index is 0.123. The van der Waals surface area contributed by atoms with E-state index in [1.54, 1.807) is 36.4 Å². The van der Waals surface area contributed by atoms with Crippen molar-refractivity contribution in [3.05, 3.63) is 118 Å². The number of hydrogen-bond acceptors (Lipinski definition) is 4. The van der Waals surface area contributed by atoms with Gasteiger partial charge >= 0.3 is 11.9 Å². The van der Waals surface area contributed by atoms with Crippen LogP contribution in [0, 0.1) is 11.6 Å². The Bertz CT molecular complexity index is 1500. The highest BCUT2D eigenvalue weighted by Gasteiger charge is 2.36. The maximum Gasteiger partial charge on any atom is 0.346 e. The van der Waals surface area contributed by atoms with Crippen LogP contribution in [0.5, 0.6) is 11.5 Å². The quantitative estimate of drug-likeness (QED) is 0.190. The molecule has 4 aromatic rings. The highest BCUT2D eigenvalue weighted by atomic mass is 19.1. The van der Waals surface area contributed by atoms with E-state index in [1.165, 1.54) is 24.3 Å². The second-order valence-electron chi connectivity index (χ2n) is 10.2. The van der Waals surface area contributed by atoms with E-state index in [4.69, 9.17) is 9.47 Å². The molecule has 0 N–H and O–H groups in total. The smallest absolute Gasteiger partial charge is 0.346 e. The van der Waals surface area contributed by atoms with Crippen molar-refractivity contribution in [2.45, 2.75) is 46.0 Å². The number of halogens is 2. The lowest BCUT2D eigenvalue weighted by atomic mass is 9.82. The van der Waals surface area contributed by atoms with Crippen LogP contribution in [0.2, 0.25) is 0 Å². The third-order valence-corrected chi connectivity index (χ3v) is 7.36. The third kappa shape index (κ3) is 4.83. The molecular weight excluding hydrogens is 498 g/mol. The highest BCUT2D eigenvalue weighted by Crippen LogP contribution is 2.50. The third-order valence-electron chi connectivity index (χ3n) is 7.36. The molecule has 0 bridgehead atoms. The van der Waals surface area contributed by atoms with Gasteiger partial charge in [-0.3, -0.25) is 0 Å². The van der Waals surface area contributed by atoms with Gasteiger partial charge in [-0.1, -0.05) is 52.0 Å². The Morgan fingerprint density at radius 2 is 1.05 bits per heavy atom. The van der Waals surface area contributed by atoms with E-state index in [1.807, 2.05) is 39.8 Å². The van der Waals surface area contributed by atoms with Crippen molar-refractivity contribution in [1.82, 2.24) is 0 Å². The lowest BCUT2D eigenvalue weighted by Gasteiger charge is -2.22. The van der Waals surface area contributed by atoms with Gasteiger partial charge in [0.2, 0.25) is 0 Å². The van der Waals surface area contributed by atoms with Gasteiger partial charge in [0.05, 0.1) is 11.1 Å². The average Bonchev–Trinajstić information content (AvgIpc) is 3.14. The standard InChI is InChI=1S/C33H28F2O4/c1-5-19-7-11-25(29(34)15-19)31(36)38-21-9-13-23-24-14-10-22(18-28(24)33(3,4)27(23)17-21)39-32(37)26-12-8-20(6-2)16-30(26)35/h7-18H,5-6H2,1-4H3. The normalized spacial score (nSPS) is 13.0. The Morgan fingerprint density at radius 3 is 1.41 bits per heavy atom. The van der Waals surface area contributed by atoms with Crippen LogP contribution in [0.15, 0.2) is 72.8 Å². The summed E-state index contributed by atoms with van der Waals surface area (Å²) in [6.45, 7) is 7.85. The maximum atomic E-state index is 14.4.